The highest BCUT2D eigenvalue weighted by molar-refractivity contribution is 5.99. The monoisotopic (exact) mass is 602 g/mol. The van der Waals surface area contributed by atoms with Crippen molar-refractivity contribution in [3.05, 3.63) is 47.7 Å². The number of anilines is 3. The summed E-state index contributed by atoms with van der Waals surface area (Å²) in [5.41, 5.74) is 5.72. The number of carbonyl (C=O) groups is 2. The fourth-order valence-corrected chi connectivity index (χ4v) is 7.01. The summed E-state index contributed by atoms with van der Waals surface area (Å²) in [6.45, 7) is 7.17. The first-order chi connectivity index (χ1) is 21.2. The Morgan fingerprint density at radius 1 is 1.11 bits per heavy atom. The summed E-state index contributed by atoms with van der Waals surface area (Å²) in [6, 6.07) is 5.98. The maximum Gasteiger partial charge on any atom is 0.282 e. The van der Waals surface area contributed by atoms with Crippen LogP contribution in [0, 0.1) is 11.3 Å². The van der Waals surface area contributed by atoms with Crippen LogP contribution in [-0.4, -0.2) is 97.1 Å². The van der Waals surface area contributed by atoms with Crippen LogP contribution in [-0.2, 0) is 29.0 Å². The molecule has 2 aromatic heterocycles. The first-order valence-electron chi connectivity index (χ1n) is 15.4. The molecule has 0 radical (unpaired) electrons. The summed E-state index contributed by atoms with van der Waals surface area (Å²) >= 11 is 0. The number of aromatic nitrogens is 2. The van der Waals surface area contributed by atoms with Crippen LogP contribution in [0.3, 0.4) is 0 Å². The van der Waals surface area contributed by atoms with Crippen molar-refractivity contribution in [3.8, 4) is 11.9 Å². The minimum atomic E-state index is -1.01. The molecule has 0 N–H and O–H groups in total. The molecule has 0 bridgehead atoms. The van der Waals surface area contributed by atoms with Gasteiger partial charge in [-0.1, -0.05) is 6.58 Å². The number of likely N-dealkylation sites (N-methyl/N-ethyl adjacent to an activating group) is 1. The lowest BCUT2D eigenvalue weighted by Gasteiger charge is -2.43. The molecule has 12 heteroatoms. The number of hydrogen-bond donors (Lipinski definition) is 0. The molecule has 2 saturated heterocycles. The van der Waals surface area contributed by atoms with E-state index in [1.54, 1.807) is 4.90 Å². The number of aryl methyl sites for hydroxylation is 1. The molecule has 2 atom stereocenters. The van der Waals surface area contributed by atoms with Crippen molar-refractivity contribution >= 4 is 28.9 Å². The molecule has 2 amide bonds. The van der Waals surface area contributed by atoms with Crippen LogP contribution in [0.25, 0.3) is 0 Å². The van der Waals surface area contributed by atoms with E-state index in [9.17, 15) is 19.2 Å². The zero-order chi connectivity index (χ0) is 31.0. The molecular weight excluding hydrogens is 563 g/mol. The number of carbonyl (C=O) groups excluding carboxylic acids is 2. The third-order valence-electron chi connectivity index (χ3n) is 9.48. The van der Waals surface area contributed by atoms with Gasteiger partial charge in [-0.2, -0.15) is 5.26 Å². The van der Waals surface area contributed by atoms with Gasteiger partial charge in [0.1, 0.15) is 6.61 Å². The number of amides is 2. The van der Waals surface area contributed by atoms with E-state index in [2.05, 4.69) is 39.4 Å². The van der Waals surface area contributed by atoms with Crippen molar-refractivity contribution in [3.63, 3.8) is 0 Å². The van der Waals surface area contributed by atoms with E-state index in [1.807, 2.05) is 25.4 Å². The van der Waals surface area contributed by atoms with Crippen LogP contribution >= 0.6 is 0 Å². The van der Waals surface area contributed by atoms with Gasteiger partial charge in [0, 0.05) is 75.6 Å². The quantitative estimate of drug-likeness (QED) is 0.442. The molecule has 6 heterocycles. The molecule has 44 heavy (non-hydrogen) atoms. The SMILES string of the molecule is C=C(F)C(=O)N1CCN(c2cc(OC[C@@H]3CCCN3C)nc3c2CCN(c2ccnc4c2N(C)C(=O)CC4)C3)C[C@@H]1CC#N. The molecule has 0 aliphatic carbocycles. The molecule has 2 aromatic rings. The van der Waals surface area contributed by atoms with Crippen LogP contribution in [0.15, 0.2) is 30.7 Å². The van der Waals surface area contributed by atoms with Gasteiger partial charge in [-0.3, -0.25) is 14.6 Å². The predicted octanol–water partition coefficient (Wildman–Crippen LogP) is 2.84. The molecule has 11 nitrogen and oxygen atoms in total. The number of halogens is 1. The largest absolute Gasteiger partial charge is 0.476 e. The van der Waals surface area contributed by atoms with Crippen molar-refractivity contribution in [2.75, 3.05) is 68.1 Å². The third kappa shape index (κ3) is 5.68. The van der Waals surface area contributed by atoms with Gasteiger partial charge in [0.2, 0.25) is 11.8 Å². The maximum absolute atomic E-state index is 13.8. The number of rotatable bonds is 7. The number of ether oxygens (including phenoxy) is 1. The van der Waals surface area contributed by atoms with Crippen molar-refractivity contribution in [1.29, 1.82) is 5.26 Å². The van der Waals surface area contributed by atoms with Crippen molar-refractivity contribution in [1.82, 2.24) is 19.8 Å². The van der Waals surface area contributed by atoms with Gasteiger partial charge in [-0.15, -0.1) is 0 Å². The highest BCUT2D eigenvalue weighted by atomic mass is 19.1. The first kappa shape index (κ1) is 29.8. The van der Waals surface area contributed by atoms with E-state index >= 15 is 0 Å². The summed E-state index contributed by atoms with van der Waals surface area (Å²) in [7, 11) is 3.93. The molecular formula is C32H39FN8O3. The number of piperazine rings is 1. The fourth-order valence-electron chi connectivity index (χ4n) is 7.01. The molecule has 0 aromatic carbocycles. The van der Waals surface area contributed by atoms with Gasteiger partial charge >= 0.3 is 0 Å². The van der Waals surface area contributed by atoms with Crippen LogP contribution in [0.4, 0.5) is 21.5 Å². The van der Waals surface area contributed by atoms with Crippen LogP contribution in [0.1, 0.15) is 42.6 Å². The second-order valence-corrected chi connectivity index (χ2v) is 12.1. The van der Waals surface area contributed by atoms with E-state index in [0.717, 1.165) is 59.9 Å². The lowest BCUT2D eigenvalue weighted by Crippen LogP contribution is -2.55. The Balaban J connectivity index is 1.33. The number of hydrogen-bond acceptors (Lipinski definition) is 9. The van der Waals surface area contributed by atoms with Crippen molar-refractivity contribution in [2.24, 2.45) is 0 Å². The lowest BCUT2D eigenvalue weighted by atomic mass is 9.98. The Labute approximate surface area is 257 Å². The summed E-state index contributed by atoms with van der Waals surface area (Å²) in [6.07, 6.45) is 5.91. The zero-order valence-electron chi connectivity index (χ0n) is 25.5. The second-order valence-electron chi connectivity index (χ2n) is 12.1. The number of nitriles is 1. The minimum absolute atomic E-state index is 0.0815. The number of pyridine rings is 2. The molecule has 4 aliphatic heterocycles. The zero-order valence-corrected chi connectivity index (χ0v) is 25.5. The standard InChI is InChI=1S/C32H39FN8O3/c1-21(33)32(43)41-16-15-40(18-22(41)8-11-34)28-17-29(44-20-23-5-4-13-37(23)2)36-26-19-39(14-10-24(26)28)27-9-12-35-25-6-7-30(42)38(3)31(25)27/h9,12,17,22-23H,1,4-8,10,13-16,18-20H2,2-3H3/t22-,23-/m0/s1. The van der Waals surface area contributed by atoms with E-state index in [1.165, 1.54) is 4.90 Å². The lowest BCUT2D eigenvalue weighted by molar-refractivity contribution is -0.131. The van der Waals surface area contributed by atoms with Crippen LogP contribution < -0.4 is 19.4 Å². The molecule has 4 aliphatic rings. The van der Waals surface area contributed by atoms with Crippen molar-refractivity contribution in [2.45, 2.75) is 57.2 Å². The topological polar surface area (TPSA) is 109 Å². The summed E-state index contributed by atoms with van der Waals surface area (Å²) in [4.78, 5) is 44.6. The molecule has 2 fully saturated rings. The van der Waals surface area contributed by atoms with Crippen LogP contribution in [0.5, 0.6) is 5.88 Å². The number of fused-ring (bicyclic) bond motifs is 2. The van der Waals surface area contributed by atoms with Gasteiger partial charge < -0.3 is 29.2 Å². The molecule has 0 saturated carbocycles. The minimum Gasteiger partial charge on any atom is -0.476 e. The van der Waals surface area contributed by atoms with E-state index in [0.29, 0.717) is 57.4 Å². The van der Waals surface area contributed by atoms with Gasteiger partial charge in [-0.05, 0) is 38.9 Å². The molecule has 0 unspecified atom stereocenters. The number of likely N-dealkylation sites (tertiary alicyclic amines) is 1. The Bertz CT molecular complexity index is 1510. The normalized spacial score (nSPS) is 22.0. The van der Waals surface area contributed by atoms with Gasteiger partial charge in [0.15, 0.2) is 5.83 Å². The Morgan fingerprint density at radius 3 is 2.70 bits per heavy atom. The van der Waals surface area contributed by atoms with Crippen molar-refractivity contribution < 1.29 is 18.7 Å². The highest BCUT2D eigenvalue weighted by Crippen LogP contribution is 2.39. The van der Waals surface area contributed by atoms with Crippen LogP contribution in [0.2, 0.25) is 0 Å². The third-order valence-corrected chi connectivity index (χ3v) is 9.48. The molecule has 6 rings (SSSR count). The summed E-state index contributed by atoms with van der Waals surface area (Å²) in [5.74, 6) is -1.15. The van der Waals surface area contributed by atoms with E-state index in [-0.39, 0.29) is 18.9 Å². The Kier molecular flexibility index (Phi) is 8.40. The van der Waals surface area contributed by atoms with Gasteiger partial charge in [0.05, 0.1) is 47.8 Å². The van der Waals surface area contributed by atoms with E-state index < -0.39 is 17.8 Å². The average Bonchev–Trinajstić information content (AvgIpc) is 3.44. The first-order valence-corrected chi connectivity index (χ1v) is 15.4. The summed E-state index contributed by atoms with van der Waals surface area (Å²) in [5, 5.41) is 9.51. The Morgan fingerprint density at radius 2 is 1.95 bits per heavy atom. The smallest absolute Gasteiger partial charge is 0.282 e. The maximum atomic E-state index is 13.8. The fraction of sp³-hybridized carbons (Fsp3) is 0.531. The van der Waals surface area contributed by atoms with Gasteiger partial charge in [0.25, 0.3) is 5.91 Å². The average molecular weight is 603 g/mol. The van der Waals surface area contributed by atoms with E-state index in [4.69, 9.17) is 9.72 Å². The Hall–Kier alpha value is -4.24. The number of nitrogens with zero attached hydrogens (tertiary/aromatic N) is 8. The predicted molar refractivity (Wildman–Crippen MR) is 164 cm³/mol. The van der Waals surface area contributed by atoms with Gasteiger partial charge in [-0.25, -0.2) is 9.37 Å². The second kappa shape index (κ2) is 12.4. The highest BCUT2D eigenvalue weighted by Gasteiger charge is 2.35. The molecule has 0 spiro atoms. The molecule has 232 valence electrons. The summed E-state index contributed by atoms with van der Waals surface area (Å²) < 4.78 is 20.2.